The minimum Gasteiger partial charge on any atom is -0.326 e. The molecule has 0 bridgehead atoms. The summed E-state index contributed by atoms with van der Waals surface area (Å²) in [7, 11) is 0. The summed E-state index contributed by atoms with van der Waals surface area (Å²) < 4.78 is 37.2. The predicted molar refractivity (Wildman–Crippen MR) is 59.6 cm³/mol. The predicted octanol–water partition coefficient (Wildman–Crippen LogP) is 2.11. The van der Waals surface area contributed by atoms with Crippen LogP contribution in [0, 0.1) is 0 Å². The summed E-state index contributed by atoms with van der Waals surface area (Å²) in [5.41, 5.74) is 6.24. The van der Waals surface area contributed by atoms with Crippen LogP contribution in [0.15, 0.2) is 24.3 Å². The minimum atomic E-state index is -4.27. The van der Waals surface area contributed by atoms with E-state index >= 15 is 0 Å². The molecule has 1 aliphatic heterocycles. The highest BCUT2D eigenvalue weighted by Gasteiger charge is 2.31. The zero-order valence-electron chi connectivity index (χ0n) is 9.30. The second-order valence-electron chi connectivity index (χ2n) is 4.38. The topological polar surface area (TPSA) is 38.0 Å². The molecule has 2 unspecified atom stereocenters. The minimum absolute atomic E-state index is 0.0273. The molecule has 0 spiro atoms. The van der Waals surface area contributed by atoms with Gasteiger partial charge < -0.3 is 11.1 Å². The molecule has 1 aliphatic rings. The molecular weight excluding hydrogens is 229 g/mol. The van der Waals surface area contributed by atoms with Gasteiger partial charge in [-0.25, -0.2) is 0 Å². The summed E-state index contributed by atoms with van der Waals surface area (Å²) in [4.78, 5) is 0. The molecule has 1 heterocycles. The molecule has 1 fully saturated rings. The van der Waals surface area contributed by atoms with E-state index in [2.05, 4.69) is 5.32 Å². The fourth-order valence-corrected chi connectivity index (χ4v) is 2.22. The van der Waals surface area contributed by atoms with Gasteiger partial charge in [-0.15, -0.1) is 0 Å². The van der Waals surface area contributed by atoms with E-state index in [1.165, 1.54) is 0 Å². The van der Waals surface area contributed by atoms with Gasteiger partial charge >= 0.3 is 6.18 Å². The SMILES string of the molecule is NC1CNCCC1c1ccc(C(F)(F)F)cc1. The van der Waals surface area contributed by atoms with Crippen LogP contribution < -0.4 is 11.1 Å². The molecule has 17 heavy (non-hydrogen) atoms. The Labute approximate surface area is 98.0 Å². The maximum atomic E-state index is 12.4. The number of rotatable bonds is 1. The van der Waals surface area contributed by atoms with Gasteiger partial charge in [0.1, 0.15) is 0 Å². The largest absolute Gasteiger partial charge is 0.416 e. The van der Waals surface area contributed by atoms with Gasteiger partial charge in [0.05, 0.1) is 5.56 Å². The Hall–Kier alpha value is -1.07. The van der Waals surface area contributed by atoms with Crippen molar-refractivity contribution in [2.75, 3.05) is 13.1 Å². The van der Waals surface area contributed by atoms with Gasteiger partial charge in [0.2, 0.25) is 0 Å². The van der Waals surface area contributed by atoms with Crippen LogP contribution in [0.25, 0.3) is 0 Å². The van der Waals surface area contributed by atoms with Gasteiger partial charge in [0.15, 0.2) is 0 Å². The van der Waals surface area contributed by atoms with Crippen molar-refractivity contribution in [3.8, 4) is 0 Å². The summed E-state index contributed by atoms with van der Waals surface area (Å²) in [6.45, 7) is 1.57. The summed E-state index contributed by atoms with van der Waals surface area (Å²) in [6, 6.07) is 5.31. The first-order valence-electron chi connectivity index (χ1n) is 5.62. The number of alkyl halides is 3. The van der Waals surface area contributed by atoms with Crippen molar-refractivity contribution in [3.63, 3.8) is 0 Å². The third-order valence-electron chi connectivity index (χ3n) is 3.20. The van der Waals surface area contributed by atoms with Gasteiger partial charge in [0.25, 0.3) is 0 Å². The van der Waals surface area contributed by atoms with Crippen molar-refractivity contribution in [2.24, 2.45) is 5.73 Å². The highest BCUT2D eigenvalue weighted by molar-refractivity contribution is 5.28. The summed E-state index contributed by atoms with van der Waals surface area (Å²) in [6.07, 6.45) is -3.40. The maximum Gasteiger partial charge on any atom is 0.416 e. The van der Waals surface area contributed by atoms with Crippen LogP contribution in [-0.4, -0.2) is 19.1 Å². The summed E-state index contributed by atoms with van der Waals surface area (Å²) >= 11 is 0. The number of nitrogens with one attached hydrogen (secondary N) is 1. The molecule has 0 aliphatic carbocycles. The maximum absolute atomic E-state index is 12.4. The lowest BCUT2D eigenvalue weighted by atomic mass is 9.86. The number of hydrogen-bond donors (Lipinski definition) is 2. The fraction of sp³-hybridized carbons (Fsp3) is 0.500. The second-order valence-corrected chi connectivity index (χ2v) is 4.38. The number of benzene rings is 1. The molecule has 1 aromatic carbocycles. The molecule has 0 saturated carbocycles. The Morgan fingerprint density at radius 2 is 1.82 bits per heavy atom. The lowest BCUT2D eigenvalue weighted by molar-refractivity contribution is -0.137. The average molecular weight is 244 g/mol. The van der Waals surface area contributed by atoms with Gasteiger partial charge in [-0.2, -0.15) is 13.2 Å². The Kier molecular flexibility index (Phi) is 3.40. The van der Waals surface area contributed by atoms with Crippen molar-refractivity contribution in [1.29, 1.82) is 0 Å². The van der Waals surface area contributed by atoms with E-state index < -0.39 is 11.7 Å². The highest BCUT2D eigenvalue weighted by Crippen LogP contribution is 2.31. The monoisotopic (exact) mass is 244 g/mol. The van der Waals surface area contributed by atoms with Crippen LogP contribution in [0.4, 0.5) is 13.2 Å². The van der Waals surface area contributed by atoms with E-state index in [4.69, 9.17) is 5.73 Å². The van der Waals surface area contributed by atoms with Gasteiger partial charge in [0, 0.05) is 18.5 Å². The Morgan fingerprint density at radius 1 is 1.18 bits per heavy atom. The molecule has 0 radical (unpaired) electrons. The van der Waals surface area contributed by atoms with E-state index in [0.717, 1.165) is 30.7 Å². The van der Waals surface area contributed by atoms with Crippen LogP contribution >= 0.6 is 0 Å². The molecule has 2 nitrogen and oxygen atoms in total. The zero-order chi connectivity index (χ0) is 12.5. The smallest absolute Gasteiger partial charge is 0.326 e. The number of halogens is 3. The molecule has 2 atom stereocenters. The molecule has 2 rings (SSSR count). The molecule has 3 N–H and O–H groups in total. The van der Waals surface area contributed by atoms with E-state index in [9.17, 15) is 13.2 Å². The number of nitrogens with two attached hydrogens (primary N) is 1. The van der Waals surface area contributed by atoms with E-state index in [0.29, 0.717) is 6.54 Å². The van der Waals surface area contributed by atoms with Crippen molar-refractivity contribution < 1.29 is 13.2 Å². The first kappa shape index (κ1) is 12.4. The first-order valence-corrected chi connectivity index (χ1v) is 5.62. The van der Waals surface area contributed by atoms with Gasteiger partial charge in [-0.3, -0.25) is 0 Å². The average Bonchev–Trinajstić information content (AvgIpc) is 2.29. The highest BCUT2D eigenvalue weighted by atomic mass is 19.4. The Bertz CT molecular complexity index is 372. The van der Waals surface area contributed by atoms with Crippen LogP contribution in [0.5, 0.6) is 0 Å². The van der Waals surface area contributed by atoms with E-state index in [1.807, 2.05) is 0 Å². The standard InChI is InChI=1S/C12H15F3N2/c13-12(14,15)9-3-1-8(2-4-9)10-5-6-17-7-11(10)16/h1-4,10-11,17H,5-7,16H2. The fourth-order valence-electron chi connectivity index (χ4n) is 2.22. The lowest BCUT2D eigenvalue weighted by Gasteiger charge is -2.29. The van der Waals surface area contributed by atoms with Crippen molar-refractivity contribution >= 4 is 0 Å². The molecule has 5 heteroatoms. The Morgan fingerprint density at radius 3 is 2.35 bits per heavy atom. The number of hydrogen-bond acceptors (Lipinski definition) is 2. The van der Waals surface area contributed by atoms with E-state index in [-0.39, 0.29) is 12.0 Å². The quantitative estimate of drug-likeness (QED) is 0.794. The third kappa shape index (κ3) is 2.79. The summed E-state index contributed by atoms with van der Waals surface area (Å²) in [5, 5.41) is 3.16. The van der Waals surface area contributed by atoms with Crippen LogP contribution in [0.3, 0.4) is 0 Å². The molecule has 1 saturated heterocycles. The Balaban J connectivity index is 2.17. The second kappa shape index (κ2) is 4.66. The zero-order valence-corrected chi connectivity index (χ0v) is 9.30. The van der Waals surface area contributed by atoms with Gasteiger partial charge in [-0.1, -0.05) is 12.1 Å². The van der Waals surface area contributed by atoms with Crippen molar-refractivity contribution in [2.45, 2.75) is 24.6 Å². The normalized spacial score (nSPS) is 25.9. The number of piperidine rings is 1. The van der Waals surface area contributed by atoms with Crippen LogP contribution in [-0.2, 0) is 6.18 Å². The van der Waals surface area contributed by atoms with Crippen LogP contribution in [0.1, 0.15) is 23.5 Å². The third-order valence-corrected chi connectivity index (χ3v) is 3.20. The van der Waals surface area contributed by atoms with Gasteiger partial charge in [-0.05, 0) is 30.7 Å². The van der Waals surface area contributed by atoms with Crippen LogP contribution in [0.2, 0.25) is 0 Å². The molecule has 94 valence electrons. The summed E-state index contributed by atoms with van der Waals surface area (Å²) in [5.74, 6) is 0.151. The molecule has 0 amide bonds. The first-order chi connectivity index (χ1) is 7.98. The molecular formula is C12H15F3N2. The van der Waals surface area contributed by atoms with E-state index in [1.54, 1.807) is 12.1 Å². The molecule has 1 aromatic rings. The molecule has 0 aromatic heterocycles. The van der Waals surface area contributed by atoms with Crippen molar-refractivity contribution in [3.05, 3.63) is 35.4 Å². The van der Waals surface area contributed by atoms with Crippen molar-refractivity contribution in [1.82, 2.24) is 5.32 Å². The lowest BCUT2D eigenvalue weighted by Crippen LogP contribution is -2.44.